The number of allylic oxidation sites excluding steroid dienone is 3. The van der Waals surface area contributed by atoms with Gasteiger partial charge in [-0.3, -0.25) is 9.78 Å². The van der Waals surface area contributed by atoms with Gasteiger partial charge in [-0.05, 0) is 36.6 Å². The fraction of sp³-hybridized carbons (Fsp3) is 0.143. The number of hydrogen-bond acceptors (Lipinski definition) is 5. The van der Waals surface area contributed by atoms with Gasteiger partial charge in [-0.1, -0.05) is 11.8 Å². The molecule has 1 atom stereocenters. The molecule has 96 valence electrons. The average molecular weight is 271 g/mol. The van der Waals surface area contributed by atoms with Crippen LogP contribution in [0.3, 0.4) is 0 Å². The maximum Gasteiger partial charge on any atom is 0.186 e. The summed E-state index contributed by atoms with van der Waals surface area (Å²) in [6, 6.07) is 3.43. The Morgan fingerprint density at radius 3 is 3.05 bits per heavy atom. The first-order chi connectivity index (χ1) is 9.25. The first-order valence-electron chi connectivity index (χ1n) is 5.96. The zero-order valence-corrected chi connectivity index (χ0v) is 11.2. The molecule has 4 nitrogen and oxygen atoms in total. The van der Waals surface area contributed by atoms with Crippen LogP contribution in [-0.4, -0.2) is 21.2 Å². The predicted molar refractivity (Wildman–Crippen MR) is 75.9 cm³/mol. The van der Waals surface area contributed by atoms with E-state index in [0.717, 1.165) is 11.4 Å². The monoisotopic (exact) mass is 271 g/mol. The summed E-state index contributed by atoms with van der Waals surface area (Å²) < 4.78 is 0. The van der Waals surface area contributed by atoms with Crippen molar-refractivity contribution in [3.05, 3.63) is 65.2 Å². The first-order valence-corrected chi connectivity index (χ1v) is 6.90. The number of thioether (sulfide) groups is 1. The fourth-order valence-electron chi connectivity index (χ4n) is 2.06. The minimum absolute atomic E-state index is 0.0121. The van der Waals surface area contributed by atoms with Crippen molar-refractivity contribution < 1.29 is 4.79 Å². The second-order valence-corrected chi connectivity index (χ2v) is 5.26. The van der Waals surface area contributed by atoms with Crippen molar-refractivity contribution in [1.29, 1.82) is 0 Å². The Hall–Kier alpha value is -2.01. The number of fused-ring (bicyclic) bond motifs is 1. The van der Waals surface area contributed by atoms with E-state index in [9.17, 15) is 4.79 Å². The van der Waals surface area contributed by atoms with Crippen molar-refractivity contribution in [1.82, 2.24) is 15.2 Å². The zero-order chi connectivity index (χ0) is 13.2. The average Bonchev–Trinajstić information content (AvgIpc) is 2.98. The number of aromatic nitrogens is 1. The van der Waals surface area contributed by atoms with Crippen LogP contribution in [0, 0.1) is 0 Å². The molecule has 0 radical (unpaired) electrons. The number of nitrogens with zero attached hydrogens (tertiary/aromatic N) is 2. The molecule has 1 unspecified atom stereocenters. The highest BCUT2D eigenvalue weighted by Crippen LogP contribution is 2.33. The quantitative estimate of drug-likeness (QED) is 0.676. The molecule has 0 amide bonds. The molecule has 0 aromatic carbocycles. The molecule has 1 N–H and O–H groups in total. The summed E-state index contributed by atoms with van der Waals surface area (Å²) in [5.74, 6) is -0.0121. The van der Waals surface area contributed by atoms with Crippen LogP contribution in [0.15, 0.2) is 59.7 Å². The molecule has 0 spiro atoms. The van der Waals surface area contributed by atoms with Crippen molar-refractivity contribution in [2.75, 3.05) is 0 Å². The molecular weight excluding hydrogens is 258 g/mol. The third kappa shape index (κ3) is 2.29. The molecule has 1 aromatic heterocycles. The van der Waals surface area contributed by atoms with Crippen LogP contribution in [-0.2, 0) is 0 Å². The lowest BCUT2D eigenvalue weighted by atomic mass is 10.1. The smallest absolute Gasteiger partial charge is 0.186 e. The van der Waals surface area contributed by atoms with Crippen molar-refractivity contribution in [2.45, 2.75) is 12.4 Å². The van der Waals surface area contributed by atoms with Crippen LogP contribution in [0.25, 0.3) is 0 Å². The minimum Gasteiger partial charge on any atom is -0.358 e. The minimum atomic E-state index is -0.0121. The first kappa shape index (κ1) is 12.0. The molecular formula is C14H13N3OS. The largest absolute Gasteiger partial charge is 0.358 e. The Morgan fingerprint density at radius 1 is 1.47 bits per heavy atom. The lowest BCUT2D eigenvalue weighted by Gasteiger charge is -2.16. The maximum atomic E-state index is 12.0. The number of pyridine rings is 1. The van der Waals surface area contributed by atoms with Gasteiger partial charge < -0.3 is 10.2 Å². The van der Waals surface area contributed by atoms with Crippen LogP contribution < -0.4 is 5.32 Å². The van der Waals surface area contributed by atoms with Gasteiger partial charge in [-0.2, -0.15) is 0 Å². The lowest BCUT2D eigenvalue weighted by Crippen LogP contribution is -2.26. The standard InChI is InChI=1S/C14H13N3OS/c1-10-12(17-8-9-19-14(17)16-10)2-3-13(18)11-4-6-15-7-5-11/h2-9,14,16H,1H3/b3-2+. The van der Waals surface area contributed by atoms with Gasteiger partial charge in [-0.25, -0.2) is 0 Å². The van der Waals surface area contributed by atoms with Gasteiger partial charge in [0, 0.05) is 29.9 Å². The van der Waals surface area contributed by atoms with E-state index in [4.69, 9.17) is 0 Å². The highest BCUT2D eigenvalue weighted by Gasteiger charge is 2.29. The van der Waals surface area contributed by atoms with E-state index in [1.165, 1.54) is 0 Å². The number of hydrogen-bond donors (Lipinski definition) is 1. The molecule has 3 heterocycles. The second kappa shape index (κ2) is 4.93. The normalized spacial score (nSPS) is 21.1. The van der Waals surface area contributed by atoms with Gasteiger partial charge in [0.2, 0.25) is 0 Å². The van der Waals surface area contributed by atoms with Crippen molar-refractivity contribution in [2.24, 2.45) is 0 Å². The van der Waals surface area contributed by atoms with E-state index in [-0.39, 0.29) is 11.3 Å². The topological polar surface area (TPSA) is 45.2 Å². The summed E-state index contributed by atoms with van der Waals surface area (Å²) >= 11 is 1.72. The van der Waals surface area contributed by atoms with Crippen LogP contribution in [0.4, 0.5) is 0 Å². The van der Waals surface area contributed by atoms with Gasteiger partial charge in [0.05, 0.1) is 5.70 Å². The molecule has 0 aliphatic carbocycles. The Bertz CT molecular complexity index is 592. The second-order valence-electron chi connectivity index (χ2n) is 4.27. The molecule has 5 heteroatoms. The third-order valence-electron chi connectivity index (χ3n) is 3.04. The van der Waals surface area contributed by atoms with Gasteiger partial charge in [0.15, 0.2) is 11.3 Å². The number of rotatable bonds is 3. The van der Waals surface area contributed by atoms with E-state index in [1.807, 2.05) is 24.6 Å². The molecule has 3 rings (SSSR count). The van der Waals surface area contributed by atoms with Crippen LogP contribution in [0.5, 0.6) is 0 Å². The SMILES string of the molecule is CC1=C(/C=C/C(=O)c2ccncc2)N2C=CSC2N1. The summed E-state index contributed by atoms with van der Waals surface area (Å²) in [5, 5.41) is 5.41. The summed E-state index contributed by atoms with van der Waals surface area (Å²) in [7, 11) is 0. The van der Waals surface area contributed by atoms with E-state index >= 15 is 0 Å². The molecule has 2 aliphatic rings. The van der Waals surface area contributed by atoms with E-state index in [0.29, 0.717) is 5.56 Å². The van der Waals surface area contributed by atoms with Crippen LogP contribution in [0.2, 0.25) is 0 Å². The summed E-state index contributed by atoms with van der Waals surface area (Å²) in [6.45, 7) is 2.02. The van der Waals surface area contributed by atoms with Crippen molar-refractivity contribution >= 4 is 17.5 Å². The Morgan fingerprint density at radius 2 is 2.26 bits per heavy atom. The van der Waals surface area contributed by atoms with Gasteiger partial charge >= 0.3 is 0 Å². The van der Waals surface area contributed by atoms with E-state index in [2.05, 4.69) is 15.2 Å². The molecule has 2 aliphatic heterocycles. The number of nitrogens with one attached hydrogen (secondary N) is 1. The van der Waals surface area contributed by atoms with Gasteiger partial charge in [0.25, 0.3) is 0 Å². The molecule has 0 fully saturated rings. The van der Waals surface area contributed by atoms with Crippen LogP contribution in [0.1, 0.15) is 17.3 Å². The number of carbonyl (C=O) groups is 1. The Labute approximate surface area is 115 Å². The molecule has 0 saturated carbocycles. The number of ketones is 1. The summed E-state index contributed by atoms with van der Waals surface area (Å²) in [5.41, 5.74) is 3.00. The van der Waals surface area contributed by atoms with Crippen LogP contribution >= 0.6 is 11.8 Å². The number of carbonyl (C=O) groups excluding carboxylic acids is 1. The Kier molecular flexibility index (Phi) is 3.13. The zero-order valence-electron chi connectivity index (χ0n) is 10.4. The van der Waals surface area contributed by atoms with Crippen molar-refractivity contribution in [3.63, 3.8) is 0 Å². The van der Waals surface area contributed by atoms with Gasteiger partial charge in [-0.15, -0.1) is 0 Å². The fourth-order valence-corrected chi connectivity index (χ4v) is 2.97. The Balaban J connectivity index is 1.78. The highest BCUT2D eigenvalue weighted by molar-refractivity contribution is 8.02. The van der Waals surface area contributed by atoms with Crippen molar-refractivity contribution in [3.8, 4) is 0 Å². The molecule has 19 heavy (non-hydrogen) atoms. The molecule has 1 aromatic rings. The summed E-state index contributed by atoms with van der Waals surface area (Å²) in [4.78, 5) is 18.0. The van der Waals surface area contributed by atoms with Gasteiger partial charge in [0.1, 0.15) is 0 Å². The molecule has 0 bridgehead atoms. The predicted octanol–water partition coefficient (Wildman–Crippen LogP) is 2.46. The lowest BCUT2D eigenvalue weighted by molar-refractivity contribution is 0.104. The third-order valence-corrected chi connectivity index (χ3v) is 3.92. The van der Waals surface area contributed by atoms with E-state index in [1.54, 1.807) is 42.4 Å². The van der Waals surface area contributed by atoms with E-state index < -0.39 is 0 Å². The maximum absolute atomic E-state index is 12.0. The molecule has 0 saturated heterocycles. The highest BCUT2D eigenvalue weighted by atomic mass is 32.2. The summed E-state index contributed by atoms with van der Waals surface area (Å²) in [6.07, 6.45) is 8.74.